The van der Waals surface area contributed by atoms with E-state index in [9.17, 15) is 0 Å². The van der Waals surface area contributed by atoms with Crippen LogP contribution in [0.1, 0.15) is 17.3 Å². The van der Waals surface area contributed by atoms with Crippen LogP contribution in [-0.4, -0.2) is 17.0 Å². The van der Waals surface area contributed by atoms with Gasteiger partial charge >= 0.3 is 0 Å². The van der Waals surface area contributed by atoms with Crippen LogP contribution in [0.2, 0.25) is 5.02 Å². The maximum absolute atomic E-state index is 5.97. The molecule has 0 saturated heterocycles. The first-order valence-electron chi connectivity index (χ1n) is 5.00. The van der Waals surface area contributed by atoms with Gasteiger partial charge in [-0.05, 0) is 30.8 Å². The van der Waals surface area contributed by atoms with Crippen LogP contribution in [-0.2, 0) is 0 Å². The fraction of sp³-hybridized carbons (Fsp3) is 0.167. The molecule has 1 aromatic heterocycles. The van der Waals surface area contributed by atoms with Gasteiger partial charge < -0.3 is 5.32 Å². The van der Waals surface area contributed by atoms with E-state index in [0.717, 1.165) is 16.3 Å². The summed E-state index contributed by atoms with van der Waals surface area (Å²) in [6.45, 7) is 0. The Bertz CT molecular complexity index is 459. The third-order valence-electron chi connectivity index (χ3n) is 2.37. The van der Waals surface area contributed by atoms with Crippen LogP contribution in [0.5, 0.6) is 0 Å². The predicted octanol–water partition coefficient (Wildman–Crippen LogP) is 2.44. The zero-order valence-corrected chi connectivity index (χ0v) is 9.65. The van der Waals surface area contributed by atoms with Crippen LogP contribution in [0.3, 0.4) is 0 Å². The molecule has 1 heterocycles. The Morgan fingerprint density at radius 1 is 1.31 bits per heavy atom. The molecule has 1 N–H and O–H groups in total. The Morgan fingerprint density at radius 3 is 2.81 bits per heavy atom. The third kappa shape index (κ3) is 2.38. The van der Waals surface area contributed by atoms with Gasteiger partial charge in [-0.1, -0.05) is 23.7 Å². The van der Waals surface area contributed by atoms with E-state index in [0.29, 0.717) is 0 Å². The van der Waals surface area contributed by atoms with Crippen LogP contribution in [0.25, 0.3) is 0 Å². The summed E-state index contributed by atoms with van der Waals surface area (Å²) in [5, 5.41) is 3.94. The highest BCUT2D eigenvalue weighted by Crippen LogP contribution is 2.22. The molecule has 0 aliphatic heterocycles. The largest absolute Gasteiger partial charge is 0.308 e. The van der Waals surface area contributed by atoms with Gasteiger partial charge in [0.15, 0.2) is 0 Å². The van der Waals surface area contributed by atoms with Crippen LogP contribution in [0.15, 0.2) is 42.9 Å². The van der Waals surface area contributed by atoms with Crippen molar-refractivity contribution in [1.29, 1.82) is 0 Å². The molecule has 16 heavy (non-hydrogen) atoms. The van der Waals surface area contributed by atoms with Crippen LogP contribution < -0.4 is 5.32 Å². The summed E-state index contributed by atoms with van der Waals surface area (Å²) in [5.41, 5.74) is 2.02. The molecule has 0 amide bonds. The molecular weight excluding hydrogens is 222 g/mol. The van der Waals surface area contributed by atoms with Gasteiger partial charge in [0.25, 0.3) is 0 Å². The van der Waals surface area contributed by atoms with Crippen LogP contribution in [0.4, 0.5) is 0 Å². The number of nitrogens with one attached hydrogen (secondary N) is 1. The van der Waals surface area contributed by atoms with Gasteiger partial charge in [-0.2, -0.15) is 0 Å². The van der Waals surface area contributed by atoms with Crippen molar-refractivity contribution >= 4 is 11.6 Å². The minimum Gasteiger partial charge on any atom is -0.308 e. The quantitative estimate of drug-likeness (QED) is 0.885. The van der Waals surface area contributed by atoms with Gasteiger partial charge in [-0.3, -0.25) is 0 Å². The van der Waals surface area contributed by atoms with Gasteiger partial charge in [0, 0.05) is 11.2 Å². The van der Waals surface area contributed by atoms with Gasteiger partial charge in [0.2, 0.25) is 0 Å². The third-order valence-corrected chi connectivity index (χ3v) is 2.61. The van der Waals surface area contributed by atoms with E-state index in [1.807, 2.05) is 37.4 Å². The lowest BCUT2D eigenvalue weighted by atomic mass is 10.0. The van der Waals surface area contributed by atoms with Crippen LogP contribution in [0, 0.1) is 0 Å². The zero-order valence-electron chi connectivity index (χ0n) is 8.89. The normalized spacial score (nSPS) is 12.4. The molecule has 0 saturated carbocycles. The van der Waals surface area contributed by atoms with Crippen molar-refractivity contribution in [2.45, 2.75) is 6.04 Å². The highest BCUT2D eigenvalue weighted by Gasteiger charge is 2.12. The van der Waals surface area contributed by atoms with Crippen molar-refractivity contribution in [2.75, 3.05) is 7.05 Å². The molecule has 0 radical (unpaired) electrons. The van der Waals surface area contributed by atoms with E-state index in [1.54, 1.807) is 12.5 Å². The maximum Gasteiger partial charge on any atom is 0.115 e. The second kappa shape index (κ2) is 5.05. The van der Waals surface area contributed by atoms with Crippen molar-refractivity contribution in [2.24, 2.45) is 0 Å². The summed E-state index contributed by atoms with van der Waals surface area (Å²) >= 11 is 5.97. The van der Waals surface area contributed by atoms with Gasteiger partial charge in [0.05, 0.1) is 11.7 Å². The number of hydrogen-bond donors (Lipinski definition) is 1. The summed E-state index contributed by atoms with van der Waals surface area (Å²) in [5.74, 6) is 0. The average molecular weight is 234 g/mol. The molecule has 0 aliphatic rings. The lowest BCUT2D eigenvalue weighted by Gasteiger charge is -2.15. The molecule has 0 aliphatic carbocycles. The Balaban J connectivity index is 2.37. The van der Waals surface area contributed by atoms with Crippen LogP contribution >= 0.6 is 11.6 Å². The minimum atomic E-state index is 0.0432. The molecule has 4 heteroatoms. The lowest BCUT2D eigenvalue weighted by molar-refractivity contribution is 0.668. The topological polar surface area (TPSA) is 37.8 Å². The molecule has 1 atom stereocenters. The Morgan fingerprint density at radius 2 is 2.19 bits per heavy atom. The molecule has 0 bridgehead atoms. The molecule has 0 spiro atoms. The van der Waals surface area contributed by atoms with E-state index in [4.69, 9.17) is 11.6 Å². The Labute approximate surface area is 99.5 Å². The fourth-order valence-corrected chi connectivity index (χ4v) is 1.84. The number of halogens is 1. The molecule has 3 nitrogen and oxygen atoms in total. The summed E-state index contributed by atoms with van der Waals surface area (Å²) in [7, 11) is 1.90. The summed E-state index contributed by atoms with van der Waals surface area (Å²) in [6, 6.07) is 9.69. The molecule has 82 valence electrons. The first kappa shape index (κ1) is 11.0. The molecule has 1 aromatic carbocycles. The SMILES string of the molecule is CNC(c1cccc(Cl)c1)c1ccncn1. The highest BCUT2D eigenvalue weighted by atomic mass is 35.5. The molecular formula is C12H12ClN3. The van der Waals surface area contributed by atoms with E-state index in [-0.39, 0.29) is 6.04 Å². The number of nitrogens with zero attached hydrogens (tertiary/aromatic N) is 2. The van der Waals surface area contributed by atoms with Crippen molar-refractivity contribution in [3.8, 4) is 0 Å². The van der Waals surface area contributed by atoms with Gasteiger partial charge in [0.1, 0.15) is 6.33 Å². The second-order valence-corrected chi connectivity index (χ2v) is 3.85. The summed E-state index contributed by atoms with van der Waals surface area (Å²) in [6.07, 6.45) is 3.28. The number of hydrogen-bond acceptors (Lipinski definition) is 3. The first-order chi connectivity index (χ1) is 7.81. The molecule has 1 unspecified atom stereocenters. The number of aromatic nitrogens is 2. The number of rotatable bonds is 3. The first-order valence-corrected chi connectivity index (χ1v) is 5.37. The predicted molar refractivity (Wildman–Crippen MR) is 64.4 cm³/mol. The summed E-state index contributed by atoms with van der Waals surface area (Å²) < 4.78 is 0. The minimum absolute atomic E-state index is 0.0432. The van der Waals surface area contributed by atoms with E-state index in [2.05, 4.69) is 15.3 Å². The average Bonchev–Trinajstić information content (AvgIpc) is 2.31. The maximum atomic E-state index is 5.97. The van der Waals surface area contributed by atoms with Crippen molar-refractivity contribution in [3.05, 3.63) is 59.1 Å². The van der Waals surface area contributed by atoms with Gasteiger partial charge in [-0.15, -0.1) is 0 Å². The summed E-state index contributed by atoms with van der Waals surface area (Å²) in [4.78, 5) is 8.15. The van der Waals surface area contributed by atoms with Gasteiger partial charge in [-0.25, -0.2) is 9.97 Å². The standard InChI is InChI=1S/C12H12ClN3/c1-14-12(11-5-6-15-8-16-11)9-3-2-4-10(13)7-9/h2-8,12,14H,1H3. The smallest absolute Gasteiger partial charge is 0.115 e. The van der Waals surface area contributed by atoms with Crippen molar-refractivity contribution in [3.63, 3.8) is 0 Å². The lowest BCUT2D eigenvalue weighted by Crippen LogP contribution is -2.18. The fourth-order valence-electron chi connectivity index (χ4n) is 1.64. The van der Waals surface area contributed by atoms with Crippen molar-refractivity contribution < 1.29 is 0 Å². The Kier molecular flexibility index (Phi) is 3.49. The number of benzene rings is 1. The second-order valence-electron chi connectivity index (χ2n) is 3.41. The van der Waals surface area contributed by atoms with Crippen molar-refractivity contribution in [1.82, 2.24) is 15.3 Å². The Hall–Kier alpha value is -1.45. The molecule has 0 fully saturated rings. The van der Waals surface area contributed by atoms with E-state index >= 15 is 0 Å². The molecule has 2 rings (SSSR count). The van der Waals surface area contributed by atoms with E-state index < -0.39 is 0 Å². The van der Waals surface area contributed by atoms with E-state index in [1.165, 1.54) is 0 Å². The monoisotopic (exact) mass is 233 g/mol. The highest BCUT2D eigenvalue weighted by molar-refractivity contribution is 6.30. The zero-order chi connectivity index (χ0) is 11.4. The molecule has 2 aromatic rings.